The van der Waals surface area contributed by atoms with Crippen molar-refractivity contribution >= 4 is 6.09 Å². The summed E-state index contributed by atoms with van der Waals surface area (Å²) in [5, 5.41) is 3.95. The summed E-state index contributed by atoms with van der Waals surface area (Å²) >= 11 is 0. The molecular weight excluding hydrogens is 270 g/mol. The molecule has 0 bridgehead atoms. The van der Waals surface area contributed by atoms with Gasteiger partial charge < -0.3 is 14.2 Å². The van der Waals surface area contributed by atoms with Crippen LogP contribution in [0.2, 0.25) is 0 Å². The van der Waals surface area contributed by atoms with E-state index in [1.165, 1.54) is 12.0 Å². The van der Waals surface area contributed by atoms with Crippen molar-refractivity contribution in [1.29, 1.82) is 0 Å². The molecule has 1 aromatic carbocycles. The van der Waals surface area contributed by atoms with Crippen molar-refractivity contribution in [2.45, 2.75) is 18.8 Å². The van der Waals surface area contributed by atoms with E-state index >= 15 is 0 Å². The molecule has 0 spiro atoms. The molecule has 1 amide bonds. The van der Waals surface area contributed by atoms with Gasteiger partial charge in [0.1, 0.15) is 0 Å². The summed E-state index contributed by atoms with van der Waals surface area (Å²) in [6.07, 6.45) is 1.04. The van der Waals surface area contributed by atoms with Crippen LogP contribution in [0.15, 0.2) is 41.2 Å². The van der Waals surface area contributed by atoms with Crippen LogP contribution in [-0.2, 0) is 4.74 Å². The normalized spacial score (nSPS) is 21.5. The van der Waals surface area contributed by atoms with Crippen LogP contribution in [-0.4, -0.2) is 40.8 Å². The van der Waals surface area contributed by atoms with Crippen molar-refractivity contribution < 1.29 is 14.1 Å². The lowest BCUT2D eigenvalue weighted by Gasteiger charge is -2.15. The lowest BCUT2D eigenvalue weighted by Crippen LogP contribution is -2.29. The van der Waals surface area contributed by atoms with Gasteiger partial charge in [0.2, 0.25) is 6.39 Å². The van der Waals surface area contributed by atoms with Crippen molar-refractivity contribution in [1.82, 2.24) is 15.0 Å². The van der Waals surface area contributed by atoms with Gasteiger partial charge in [-0.1, -0.05) is 35.5 Å². The Morgan fingerprint density at radius 2 is 2.10 bits per heavy atom. The molecule has 21 heavy (non-hydrogen) atoms. The first kappa shape index (κ1) is 13.6. The van der Waals surface area contributed by atoms with Crippen LogP contribution >= 0.6 is 0 Å². The molecule has 0 N–H and O–H groups in total. The van der Waals surface area contributed by atoms with Crippen LogP contribution in [0.1, 0.15) is 30.1 Å². The fraction of sp³-hybridized carbons (Fsp3) is 0.400. The van der Waals surface area contributed by atoms with Crippen molar-refractivity contribution in [3.63, 3.8) is 0 Å². The molecule has 3 rings (SSSR count). The van der Waals surface area contributed by atoms with Gasteiger partial charge in [-0.2, -0.15) is 4.98 Å². The molecule has 0 saturated carbocycles. The average Bonchev–Trinajstić information content (AvgIpc) is 3.17. The first-order chi connectivity index (χ1) is 10.3. The van der Waals surface area contributed by atoms with E-state index in [1.807, 2.05) is 18.2 Å². The highest BCUT2D eigenvalue weighted by atomic mass is 16.6. The van der Waals surface area contributed by atoms with Crippen molar-refractivity contribution in [2.24, 2.45) is 0 Å². The third kappa shape index (κ3) is 2.74. The first-order valence-electron chi connectivity index (χ1n) is 7.02. The van der Waals surface area contributed by atoms with Crippen LogP contribution in [0.3, 0.4) is 0 Å². The number of carbonyl (C=O) groups is 1. The predicted octanol–water partition coefficient (Wildman–Crippen LogP) is 2.41. The lowest BCUT2D eigenvalue weighted by molar-refractivity contribution is 0.115. The van der Waals surface area contributed by atoms with Crippen molar-refractivity contribution in [3.05, 3.63) is 48.1 Å². The SMILES string of the molecule is CCOC(=O)N1C[C@H](c2ccccc2)[C@@H](c2ncon2)C1. The van der Waals surface area contributed by atoms with Gasteiger partial charge in [0.25, 0.3) is 0 Å². The lowest BCUT2D eigenvalue weighted by atomic mass is 9.88. The third-order valence-corrected chi connectivity index (χ3v) is 3.78. The van der Waals surface area contributed by atoms with E-state index in [0.29, 0.717) is 25.5 Å². The van der Waals surface area contributed by atoms with E-state index in [9.17, 15) is 4.79 Å². The first-order valence-corrected chi connectivity index (χ1v) is 7.02. The molecule has 2 aromatic rings. The average molecular weight is 287 g/mol. The van der Waals surface area contributed by atoms with Gasteiger partial charge in [0.05, 0.1) is 6.61 Å². The maximum atomic E-state index is 12.0. The highest BCUT2D eigenvalue weighted by Crippen LogP contribution is 2.38. The molecule has 2 heterocycles. The number of hydrogen-bond donors (Lipinski definition) is 0. The molecule has 1 aliphatic heterocycles. The van der Waals surface area contributed by atoms with Crippen molar-refractivity contribution in [3.8, 4) is 0 Å². The van der Waals surface area contributed by atoms with E-state index in [0.717, 1.165) is 0 Å². The number of carbonyl (C=O) groups excluding carboxylic acids is 1. The van der Waals surface area contributed by atoms with E-state index in [1.54, 1.807) is 11.8 Å². The highest BCUT2D eigenvalue weighted by Gasteiger charge is 2.39. The van der Waals surface area contributed by atoms with E-state index in [4.69, 9.17) is 9.26 Å². The summed E-state index contributed by atoms with van der Waals surface area (Å²) < 4.78 is 9.96. The molecule has 2 atom stereocenters. The van der Waals surface area contributed by atoms with Crippen molar-refractivity contribution in [2.75, 3.05) is 19.7 Å². The quantitative estimate of drug-likeness (QED) is 0.867. The maximum absolute atomic E-state index is 12.0. The molecule has 6 nitrogen and oxygen atoms in total. The Morgan fingerprint density at radius 1 is 1.33 bits per heavy atom. The zero-order valence-corrected chi connectivity index (χ0v) is 11.8. The highest BCUT2D eigenvalue weighted by molar-refractivity contribution is 5.68. The second kappa shape index (κ2) is 5.95. The zero-order chi connectivity index (χ0) is 14.7. The molecule has 6 heteroatoms. The summed E-state index contributed by atoms with van der Waals surface area (Å²) in [4.78, 5) is 17.8. The second-order valence-electron chi connectivity index (χ2n) is 5.02. The number of amides is 1. The smallest absolute Gasteiger partial charge is 0.409 e. The number of likely N-dealkylation sites (tertiary alicyclic amines) is 1. The molecule has 1 aliphatic rings. The molecule has 110 valence electrons. The van der Waals surface area contributed by atoms with Crippen LogP contribution < -0.4 is 0 Å². The van der Waals surface area contributed by atoms with Gasteiger partial charge in [-0.25, -0.2) is 4.79 Å². The molecule has 0 radical (unpaired) electrons. The Hall–Kier alpha value is -2.37. The minimum Gasteiger partial charge on any atom is -0.450 e. The number of nitrogens with zero attached hydrogens (tertiary/aromatic N) is 3. The van der Waals surface area contributed by atoms with Crippen LogP contribution in [0.4, 0.5) is 4.79 Å². The Bertz CT molecular complexity index is 585. The predicted molar refractivity (Wildman–Crippen MR) is 74.8 cm³/mol. The Kier molecular flexibility index (Phi) is 3.85. The monoisotopic (exact) mass is 287 g/mol. The number of hydrogen-bond acceptors (Lipinski definition) is 5. The second-order valence-corrected chi connectivity index (χ2v) is 5.02. The number of rotatable bonds is 3. The molecule has 1 aromatic heterocycles. The Labute approximate surface area is 122 Å². The summed E-state index contributed by atoms with van der Waals surface area (Å²) in [7, 11) is 0. The van der Waals surface area contributed by atoms with E-state index in [-0.39, 0.29) is 17.9 Å². The molecule has 0 aliphatic carbocycles. The molecule has 1 fully saturated rings. The minimum atomic E-state index is -0.288. The summed E-state index contributed by atoms with van der Waals surface area (Å²) in [5.41, 5.74) is 1.17. The third-order valence-electron chi connectivity index (χ3n) is 3.78. The van der Waals surface area contributed by atoms with Gasteiger partial charge in [-0.15, -0.1) is 0 Å². The van der Waals surface area contributed by atoms with Gasteiger partial charge >= 0.3 is 6.09 Å². The van der Waals surface area contributed by atoms with Gasteiger partial charge in [-0.3, -0.25) is 0 Å². The Morgan fingerprint density at radius 3 is 2.76 bits per heavy atom. The number of aromatic nitrogens is 2. The molecule has 1 saturated heterocycles. The largest absolute Gasteiger partial charge is 0.450 e. The summed E-state index contributed by atoms with van der Waals surface area (Å²) in [5.74, 6) is 0.805. The maximum Gasteiger partial charge on any atom is 0.409 e. The van der Waals surface area contributed by atoms with Gasteiger partial charge in [-0.05, 0) is 12.5 Å². The topological polar surface area (TPSA) is 68.5 Å². The fourth-order valence-corrected chi connectivity index (χ4v) is 2.81. The van der Waals surface area contributed by atoms with Crippen LogP contribution in [0.25, 0.3) is 0 Å². The summed E-state index contributed by atoms with van der Waals surface area (Å²) in [6.45, 7) is 3.32. The van der Waals surface area contributed by atoms with Crippen LogP contribution in [0.5, 0.6) is 0 Å². The number of ether oxygens (including phenoxy) is 1. The van der Waals surface area contributed by atoms with E-state index in [2.05, 4.69) is 22.3 Å². The number of benzene rings is 1. The van der Waals surface area contributed by atoms with Gasteiger partial charge in [0.15, 0.2) is 5.82 Å². The molecular formula is C15H17N3O3. The molecule has 0 unspecified atom stereocenters. The fourth-order valence-electron chi connectivity index (χ4n) is 2.81. The Balaban J connectivity index is 1.86. The summed E-state index contributed by atoms with van der Waals surface area (Å²) in [6, 6.07) is 10.1. The van der Waals surface area contributed by atoms with E-state index < -0.39 is 0 Å². The minimum absolute atomic E-state index is 0.0237. The zero-order valence-electron chi connectivity index (χ0n) is 11.8. The van der Waals surface area contributed by atoms with Gasteiger partial charge in [0, 0.05) is 24.9 Å². The van der Waals surface area contributed by atoms with Crippen LogP contribution in [0, 0.1) is 0 Å². The standard InChI is InChI=1S/C15H17N3O3/c1-2-20-15(19)18-8-12(11-6-4-3-5-7-11)13(9-18)14-16-10-21-17-14/h3-7,10,12-13H,2,8-9H2,1H3/t12-,13+/m1/s1.